The van der Waals surface area contributed by atoms with Gasteiger partial charge in [-0.05, 0) is 77.6 Å². The highest BCUT2D eigenvalue weighted by atomic mass is 16.6. The summed E-state index contributed by atoms with van der Waals surface area (Å²) in [5.74, 6) is 0.970. The van der Waals surface area contributed by atoms with Gasteiger partial charge in [0.15, 0.2) is 11.5 Å². The van der Waals surface area contributed by atoms with E-state index in [0.29, 0.717) is 18.4 Å². The van der Waals surface area contributed by atoms with Gasteiger partial charge in [-0.1, -0.05) is 13.0 Å². The quantitative estimate of drug-likeness (QED) is 0.792. The Hall–Kier alpha value is -1.30. The smallest absolute Gasteiger partial charge is 0.165 e. The number of aromatic hydroxyl groups is 1. The van der Waals surface area contributed by atoms with E-state index in [1.54, 1.807) is 0 Å². The van der Waals surface area contributed by atoms with Crippen LogP contribution in [0, 0.1) is 11.3 Å². The minimum Gasteiger partial charge on any atom is -0.504 e. The van der Waals surface area contributed by atoms with E-state index in [1.165, 1.54) is 11.1 Å². The molecule has 1 aromatic rings. The van der Waals surface area contributed by atoms with Gasteiger partial charge in [0, 0.05) is 35.0 Å². The summed E-state index contributed by atoms with van der Waals surface area (Å²) in [6.45, 7) is 7.76. The van der Waals surface area contributed by atoms with Crippen LogP contribution in [-0.2, 0) is 16.6 Å². The lowest BCUT2D eigenvalue weighted by Crippen LogP contribution is -2.82. The topological polar surface area (TPSA) is 62.2 Å². The molecule has 7 rings (SSSR count). The van der Waals surface area contributed by atoms with Crippen molar-refractivity contribution in [3.8, 4) is 11.5 Å². The number of hydrogen-bond acceptors (Lipinski definition) is 5. The average Bonchev–Trinajstić information content (AvgIpc) is 3.08. The molecule has 4 bridgehead atoms. The van der Waals surface area contributed by atoms with Crippen molar-refractivity contribution >= 4 is 0 Å². The first kappa shape index (κ1) is 19.4. The summed E-state index contributed by atoms with van der Waals surface area (Å²) in [5.41, 5.74) is 1.17. The number of phenols is 1. The maximum atomic E-state index is 11.4. The normalized spacial score (nSPS) is 43.4. The molecule has 3 saturated carbocycles. The molecule has 2 N–H and O–H groups in total. The molecule has 1 unspecified atom stereocenters. The molecule has 2 spiro atoms. The van der Waals surface area contributed by atoms with Crippen LogP contribution in [0.3, 0.4) is 0 Å². The highest BCUT2D eigenvalue weighted by Crippen LogP contribution is 2.77. The first-order valence-corrected chi connectivity index (χ1v) is 11.8. The maximum absolute atomic E-state index is 11.4. The fraction of sp³-hybridized carbons (Fsp3) is 0.760. The first-order valence-electron chi connectivity index (χ1n) is 11.8. The van der Waals surface area contributed by atoms with Gasteiger partial charge in [0.1, 0.15) is 11.7 Å². The van der Waals surface area contributed by atoms with Crippen LogP contribution in [-0.4, -0.2) is 58.7 Å². The van der Waals surface area contributed by atoms with Gasteiger partial charge in [0.2, 0.25) is 0 Å². The van der Waals surface area contributed by atoms with Crippen LogP contribution in [0.4, 0.5) is 0 Å². The van der Waals surface area contributed by atoms with E-state index >= 15 is 0 Å². The molecule has 4 aliphatic carbocycles. The second-order valence-electron chi connectivity index (χ2n) is 11.2. The van der Waals surface area contributed by atoms with Crippen molar-refractivity contribution in [3.05, 3.63) is 23.3 Å². The Kier molecular flexibility index (Phi) is 3.70. The lowest BCUT2D eigenvalue weighted by molar-refractivity contribution is -0.305. The number of likely N-dealkylation sites (tertiary alicyclic amines) is 1. The molecule has 6 aliphatic rings. The zero-order valence-electron chi connectivity index (χ0n) is 18.7. The lowest BCUT2D eigenvalue weighted by atomic mass is 9.34. The maximum Gasteiger partial charge on any atom is 0.165 e. The summed E-state index contributed by atoms with van der Waals surface area (Å²) >= 11 is 0. The summed E-state index contributed by atoms with van der Waals surface area (Å²) < 4.78 is 13.6. The Balaban J connectivity index is 1.65. The Morgan fingerprint density at radius 1 is 1.27 bits per heavy atom. The number of ether oxygens (including phenoxy) is 2. The van der Waals surface area contributed by atoms with Crippen LogP contribution in [0.25, 0.3) is 0 Å². The minimum absolute atomic E-state index is 0.00966. The fourth-order valence-electron chi connectivity index (χ4n) is 8.70. The number of nitrogens with zero attached hydrogens (tertiary/aromatic N) is 1. The molecule has 164 valence electrons. The molecule has 0 radical (unpaired) electrons. The largest absolute Gasteiger partial charge is 0.504 e. The molecule has 5 nitrogen and oxygen atoms in total. The van der Waals surface area contributed by atoms with Gasteiger partial charge in [0.05, 0.1) is 5.60 Å². The average molecular weight is 414 g/mol. The molecule has 0 amide bonds. The lowest BCUT2D eigenvalue weighted by Gasteiger charge is -2.74. The summed E-state index contributed by atoms with van der Waals surface area (Å²) in [6.07, 6.45) is 5.81. The zero-order chi connectivity index (χ0) is 21.1. The number of likely N-dealkylation sites (N-methyl/N-ethyl adjacent to an activating group) is 1. The Morgan fingerprint density at radius 2 is 2.07 bits per heavy atom. The third kappa shape index (κ3) is 1.93. The Labute approximate surface area is 179 Å². The Bertz CT molecular complexity index is 909. The molecular formula is C25H35NO4. The molecule has 4 fully saturated rings. The van der Waals surface area contributed by atoms with Gasteiger partial charge >= 0.3 is 0 Å². The van der Waals surface area contributed by atoms with Crippen LogP contribution in [0.5, 0.6) is 11.5 Å². The highest BCUT2D eigenvalue weighted by Gasteiger charge is 2.81. The standard InChI is InChI=1S/C25H35NO4/c1-5-12-29-25-9-8-23(14-17(25)22(2,3)28)18-13-15-6-7-16(27)20-19(15)24(23,21(25)30-20)10-11-26(18)4/h6-7,17-18,21,27-28H,5,8-14H2,1-4H3/t17-,18?,21-,23-,24+,25+/m1/s1. The third-order valence-electron chi connectivity index (χ3n) is 9.67. The van der Waals surface area contributed by atoms with Crippen LogP contribution < -0.4 is 4.74 Å². The van der Waals surface area contributed by atoms with Gasteiger partial charge < -0.3 is 24.6 Å². The molecule has 2 heterocycles. The van der Waals surface area contributed by atoms with Gasteiger partial charge in [-0.3, -0.25) is 0 Å². The van der Waals surface area contributed by atoms with Crippen LogP contribution >= 0.6 is 0 Å². The molecule has 0 aromatic heterocycles. The van der Waals surface area contributed by atoms with Crippen LogP contribution in [0.15, 0.2) is 12.1 Å². The van der Waals surface area contributed by atoms with Crippen molar-refractivity contribution in [2.24, 2.45) is 11.3 Å². The van der Waals surface area contributed by atoms with E-state index < -0.39 is 11.2 Å². The fourth-order valence-corrected chi connectivity index (χ4v) is 8.70. The van der Waals surface area contributed by atoms with Gasteiger partial charge in [0.25, 0.3) is 0 Å². The van der Waals surface area contributed by atoms with Crippen molar-refractivity contribution in [1.29, 1.82) is 0 Å². The number of fused-ring (bicyclic) bond motifs is 2. The predicted molar refractivity (Wildman–Crippen MR) is 114 cm³/mol. The number of rotatable bonds is 4. The van der Waals surface area contributed by atoms with Crippen LogP contribution in [0.2, 0.25) is 0 Å². The highest BCUT2D eigenvalue weighted by molar-refractivity contribution is 5.63. The molecule has 1 saturated heterocycles. The number of phenolic OH excluding ortho intramolecular Hbond substituents is 1. The van der Waals surface area contributed by atoms with Gasteiger partial charge in [-0.25, -0.2) is 0 Å². The van der Waals surface area contributed by atoms with Gasteiger partial charge in [-0.2, -0.15) is 0 Å². The summed E-state index contributed by atoms with van der Waals surface area (Å²) in [4.78, 5) is 2.56. The van der Waals surface area contributed by atoms with E-state index in [0.717, 1.165) is 45.1 Å². The summed E-state index contributed by atoms with van der Waals surface area (Å²) in [5, 5.41) is 22.2. The molecule has 2 aliphatic heterocycles. The van der Waals surface area contributed by atoms with E-state index in [4.69, 9.17) is 9.47 Å². The molecule has 1 aromatic carbocycles. The monoisotopic (exact) mass is 413 g/mol. The summed E-state index contributed by atoms with van der Waals surface area (Å²) in [6, 6.07) is 4.37. The van der Waals surface area contributed by atoms with Gasteiger partial charge in [-0.15, -0.1) is 0 Å². The molecule has 5 heteroatoms. The molecule has 30 heavy (non-hydrogen) atoms. The summed E-state index contributed by atoms with van der Waals surface area (Å²) in [7, 11) is 2.27. The first-order chi connectivity index (χ1) is 14.2. The third-order valence-corrected chi connectivity index (χ3v) is 9.67. The Morgan fingerprint density at radius 3 is 2.80 bits per heavy atom. The van der Waals surface area contributed by atoms with E-state index in [1.807, 2.05) is 19.9 Å². The number of benzene rings is 1. The number of aliphatic hydroxyl groups is 1. The van der Waals surface area contributed by atoms with Crippen molar-refractivity contribution in [1.82, 2.24) is 4.90 Å². The van der Waals surface area contributed by atoms with E-state index in [-0.39, 0.29) is 28.6 Å². The molecule has 6 atom stereocenters. The SMILES string of the molecule is CCCO[C@@]12CC[C@@]3(C[C@@H]1C(C)(C)O)C1Cc4ccc(O)c5c4[C@@]3(CCN1C)[C@H]2O5. The number of hydrogen-bond donors (Lipinski definition) is 2. The predicted octanol–water partition coefficient (Wildman–Crippen LogP) is 3.39. The van der Waals surface area contributed by atoms with Crippen LogP contribution in [0.1, 0.15) is 64.0 Å². The second-order valence-corrected chi connectivity index (χ2v) is 11.2. The zero-order valence-corrected chi connectivity index (χ0v) is 18.7. The second kappa shape index (κ2) is 5.73. The molecular weight excluding hydrogens is 378 g/mol. The van der Waals surface area contributed by atoms with Crippen molar-refractivity contribution < 1.29 is 19.7 Å². The van der Waals surface area contributed by atoms with E-state index in [2.05, 4.69) is 24.9 Å². The van der Waals surface area contributed by atoms with E-state index in [9.17, 15) is 10.2 Å². The van der Waals surface area contributed by atoms with Crippen molar-refractivity contribution in [2.75, 3.05) is 20.2 Å². The van der Waals surface area contributed by atoms with Crippen molar-refractivity contribution in [2.45, 2.75) is 88.1 Å². The number of piperidine rings is 1. The minimum atomic E-state index is -0.851. The van der Waals surface area contributed by atoms with Crippen molar-refractivity contribution in [3.63, 3.8) is 0 Å².